The maximum Gasteiger partial charge on any atom is 0.247 e. The van der Waals surface area contributed by atoms with E-state index >= 15 is 0 Å². The Balaban J connectivity index is 1.47. The number of nitrogens with zero attached hydrogens (tertiary/aromatic N) is 5. The Labute approximate surface area is 147 Å². The van der Waals surface area contributed by atoms with E-state index in [1.165, 1.54) is 0 Å². The first-order chi connectivity index (χ1) is 12.4. The molecule has 8 heteroatoms. The van der Waals surface area contributed by atoms with Crippen molar-refractivity contribution in [2.45, 2.75) is 12.5 Å². The van der Waals surface area contributed by atoms with Crippen LogP contribution >= 0.6 is 0 Å². The first-order valence-electron chi connectivity index (χ1n) is 8.89. The fraction of sp³-hybridized carbons (Fsp3) is 0.588. The molecule has 0 spiro atoms. The standard InChI is InChI=1S/C17H24N6O2/c1-2-4-15(5-3-1)23-17(19-20-21-23)18-12-16(14-6-9-25-13-14)22-7-10-24-11-8-22/h1-5,14,16H,6-13H2,(H,18,19,21)/t14-,16+/m1/s1. The molecule has 2 aromatic rings. The average molecular weight is 344 g/mol. The summed E-state index contributed by atoms with van der Waals surface area (Å²) in [5.74, 6) is 1.20. The van der Waals surface area contributed by atoms with Gasteiger partial charge >= 0.3 is 0 Å². The fourth-order valence-electron chi connectivity index (χ4n) is 3.60. The normalized spacial score (nSPS) is 22.8. The van der Waals surface area contributed by atoms with Crippen LogP contribution in [0, 0.1) is 5.92 Å². The highest BCUT2D eigenvalue weighted by Crippen LogP contribution is 2.23. The molecule has 0 radical (unpaired) electrons. The third-order valence-electron chi connectivity index (χ3n) is 4.96. The van der Waals surface area contributed by atoms with Crippen LogP contribution in [0.4, 0.5) is 5.95 Å². The number of hydrogen-bond donors (Lipinski definition) is 1. The van der Waals surface area contributed by atoms with Crippen molar-refractivity contribution < 1.29 is 9.47 Å². The minimum atomic E-state index is 0.396. The molecule has 2 aliphatic heterocycles. The Morgan fingerprint density at radius 3 is 2.72 bits per heavy atom. The van der Waals surface area contributed by atoms with Gasteiger partial charge in [0.25, 0.3) is 0 Å². The van der Waals surface area contributed by atoms with Gasteiger partial charge < -0.3 is 14.8 Å². The third kappa shape index (κ3) is 3.81. The lowest BCUT2D eigenvalue weighted by molar-refractivity contribution is 0.00457. The van der Waals surface area contributed by atoms with Crippen molar-refractivity contribution in [1.82, 2.24) is 25.1 Å². The van der Waals surface area contributed by atoms with E-state index < -0.39 is 0 Å². The predicted octanol–water partition coefficient (Wildman–Crippen LogP) is 0.812. The highest BCUT2D eigenvalue weighted by Gasteiger charge is 2.31. The van der Waals surface area contributed by atoms with E-state index in [4.69, 9.17) is 9.47 Å². The summed E-state index contributed by atoms with van der Waals surface area (Å²) in [7, 11) is 0. The number of ether oxygens (including phenoxy) is 2. The van der Waals surface area contributed by atoms with Gasteiger partial charge in [-0.2, -0.15) is 4.68 Å². The zero-order chi connectivity index (χ0) is 16.9. The first kappa shape index (κ1) is 16.4. The number of para-hydroxylation sites is 1. The second-order valence-electron chi connectivity index (χ2n) is 6.47. The van der Waals surface area contributed by atoms with E-state index in [1.807, 2.05) is 30.3 Å². The number of hydrogen-bond acceptors (Lipinski definition) is 7. The number of anilines is 1. The van der Waals surface area contributed by atoms with E-state index in [-0.39, 0.29) is 0 Å². The highest BCUT2D eigenvalue weighted by atomic mass is 16.5. The van der Waals surface area contributed by atoms with Gasteiger partial charge in [-0.15, -0.1) is 0 Å². The monoisotopic (exact) mass is 344 g/mol. The summed E-state index contributed by atoms with van der Waals surface area (Å²) in [6.07, 6.45) is 1.10. The molecule has 1 aromatic heterocycles. The third-order valence-corrected chi connectivity index (χ3v) is 4.96. The van der Waals surface area contributed by atoms with E-state index in [0.717, 1.165) is 58.2 Å². The van der Waals surface area contributed by atoms with Crippen molar-refractivity contribution in [2.24, 2.45) is 5.92 Å². The summed E-state index contributed by atoms with van der Waals surface area (Å²) in [6, 6.07) is 10.3. The number of nitrogens with one attached hydrogen (secondary N) is 1. The summed E-state index contributed by atoms with van der Waals surface area (Å²) >= 11 is 0. The molecular formula is C17H24N6O2. The predicted molar refractivity (Wildman–Crippen MR) is 92.7 cm³/mol. The van der Waals surface area contributed by atoms with E-state index in [0.29, 0.717) is 17.9 Å². The summed E-state index contributed by atoms with van der Waals surface area (Å²) in [5.41, 5.74) is 0.946. The van der Waals surface area contributed by atoms with Crippen molar-refractivity contribution in [2.75, 3.05) is 51.4 Å². The lowest BCUT2D eigenvalue weighted by atomic mass is 9.97. The van der Waals surface area contributed by atoms with Crippen LogP contribution in [0.25, 0.3) is 5.69 Å². The van der Waals surface area contributed by atoms with Crippen LogP contribution in [-0.4, -0.2) is 77.2 Å². The van der Waals surface area contributed by atoms with Gasteiger partial charge in [-0.05, 0) is 29.0 Å². The molecule has 4 rings (SSSR count). The van der Waals surface area contributed by atoms with Gasteiger partial charge in [0.2, 0.25) is 5.95 Å². The van der Waals surface area contributed by atoms with Gasteiger partial charge in [-0.3, -0.25) is 4.90 Å². The quantitative estimate of drug-likeness (QED) is 0.831. The molecule has 1 aromatic carbocycles. The summed E-state index contributed by atoms with van der Waals surface area (Å²) in [6.45, 7) is 6.00. The topological polar surface area (TPSA) is 77.3 Å². The Kier molecular flexibility index (Phi) is 5.19. The molecule has 8 nitrogen and oxygen atoms in total. The molecule has 2 atom stereocenters. The van der Waals surface area contributed by atoms with E-state index in [9.17, 15) is 0 Å². The van der Waals surface area contributed by atoms with Crippen LogP contribution in [0.3, 0.4) is 0 Å². The number of tetrazole rings is 1. The molecule has 1 N–H and O–H groups in total. The van der Waals surface area contributed by atoms with Gasteiger partial charge in [0, 0.05) is 38.2 Å². The average Bonchev–Trinajstić information content (AvgIpc) is 3.36. The number of rotatable bonds is 6. The van der Waals surface area contributed by atoms with Crippen molar-refractivity contribution in [3.63, 3.8) is 0 Å². The first-order valence-corrected chi connectivity index (χ1v) is 8.89. The Morgan fingerprint density at radius 1 is 1.12 bits per heavy atom. The van der Waals surface area contributed by atoms with Crippen LogP contribution in [0.2, 0.25) is 0 Å². The maximum atomic E-state index is 5.63. The Morgan fingerprint density at radius 2 is 1.96 bits per heavy atom. The SMILES string of the molecule is c1ccc(-n2nnnc2NC[C@@H]([C@@H]2CCOC2)N2CCOCC2)cc1. The molecule has 0 amide bonds. The Hall–Kier alpha value is -2.03. The smallest absolute Gasteiger partial charge is 0.247 e. The molecule has 0 unspecified atom stereocenters. The molecule has 0 aliphatic carbocycles. The van der Waals surface area contributed by atoms with Crippen molar-refractivity contribution in [1.29, 1.82) is 0 Å². The minimum absolute atomic E-state index is 0.396. The molecular weight excluding hydrogens is 320 g/mol. The van der Waals surface area contributed by atoms with Crippen LogP contribution in [0.5, 0.6) is 0 Å². The van der Waals surface area contributed by atoms with E-state index in [2.05, 4.69) is 25.7 Å². The van der Waals surface area contributed by atoms with Crippen molar-refractivity contribution >= 4 is 5.95 Å². The number of benzene rings is 1. The van der Waals surface area contributed by atoms with Gasteiger partial charge in [0.15, 0.2) is 0 Å². The second kappa shape index (κ2) is 7.90. The number of morpholine rings is 1. The van der Waals surface area contributed by atoms with Gasteiger partial charge in [-0.1, -0.05) is 23.3 Å². The summed E-state index contributed by atoms with van der Waals surface area (Å²) in [5, 5.41) is 15.5. The van der Waals surface area contributed by atoms with E-state index in [1.54, 1.807) is 4.68 Å². The summed E-state index contributed by atoms with van der Waals surface area (Å²) < 4.78 is 12.9. The molecule has 3 heterocycles. The van der Waals surface area contributed by atoms with Crippen molar-refractivity contribution in [3.05, 3.63) is 30.3 Å². The van der Waals surface area contributed by atoms with Crippen molar-refractivity contribution in [3.8, 4) is 5.69 Å². The molecule has 25 heavy (non-hydrogen) atoms. The Bertz CT molecular complexity index is 652. The molecule has 2 saturated heterocycles. The van der Waals surface area contributed by atoms with Crippen LogP contribution in [0.1, 0.15) is 6.42 Å². The molecule has 134 valence electrons. The van der Waals surface area contributed by atoms with Crippen LogP contribution in [0.15, 0.2) is 30.3 Å². The molecule has 2 fully saturated rings. The molecule has 0 saturated carbocycles. The lowest BCUT2D eigenvalue weighted by Gasteiger charge is -2.37. The van der Waals surface area contributed by atoms with Crippen LogP contribution < -0.4 is 5.32 Å². The fourth-order valence-corrected chi connectivity index (χ4v) is 3.60. The molecule has 2 aliphatic rings. The zero-order valence-corrected chi connectivity index (χ0v) is 14.3. The summed E-state index contributed by atoms with van der Waals surface area (Å²) in [4.78, 5) is 2.51. The molecule has 0 bridgehead atoms. The number of aromatic nitrogens is 4. The lowest BCUT2D eigenvalue weighted by Crippen LogP contribution is -2.50. The highest BCUT2D eigenvalue weighted by molar-refractivity contribution is 5.38. The van der Waals surface area contributed by atoms with Gasteiger partial charge in [-0.25, -0.2) is 0 Å². The maximum absolute atomic E-state index is 5.63. The van der Waals surface area contributed by atoms with Crippen LogP contribution in [-0.2, 0) is 9.47 Å². The van der Waals surface area contributed by atoms with Gasteiger partial charge in [0.1, 0.15) is 0 Å². The zero-order valence-electron chi connectivity index (χ0n) is 14.3. The van der Waals surface area contributed by atoms with Gasteiger partial charge in [0.05, 0.1) is 25.5 Å². The minimum Gasteiger partial charge on any atom is -0.381 e. The second-order valence-corrected chi connectivity index (χ2v) is 6.47. The largest absolute Gasteiger partial charge is 0.381 e.